The van der Waals surface area contributed by atoms with Gasteiger partial charge in [0.1, 0.15) is 34.5 Å². The fraction of sp³-hybridized carbons (Fsp3) is 0.304. The van der Waals surface area contributed by atoms with Gasteiger partial charge >= 0.3 is 12.0 Å². The number of aliphatic hydroxyl groups is 1. The summed E-state index contributed by atoms with van der Waals surface area (Å²) in [5, 5.41) is 25.0. The molecule has 0 bridgehead atoms. The van der Waals surface area contributed by atoms with E-state index in [1.165, 1.54) is 18.7 Å². The summed E-state index contributed by atoms with van der Waals surface area (Å²) in [5.41, 5.74) is -0.939. The molecule has 11 heteroatoms. The van der Waals surface area contributed by atoms with Crippen LogP contribution in [0.25, 0.3) is 11.3 Å². The zero-order valence-corrected chi connectivity index (χ0v) is 17.8. The number of oxazole rings is 1. The van der Waals surface area contributed by atoms with Crippen LogP contribution in [0.3, 0.4) is 0 Å². The zero-order chi connectivity index (χ0) is 23.9. The SMILES string of the molecule is O=C1O[C@]2(CC[C@@](O)(C(=O)Nc3nc(-c4cccc(OCF)c4)co3)CC2)c2cc[n+]([O-])cc21. The van der Waals surface area contributed by atoms with Crippen molar-refractivity contribution in [3.05, 3.63) is 65.3 Å². The van der Waals surface area contributed by atoms with Gasteiger partial charge in [0.2, 0.25) is 6.86 Å². The smallest absolute Gasteiger partial charge is 0.345 e. The van der Waals surface area contributed by atoms with Gasteiger partial charge in [-0.25, -0.2) is 9.18 Å². The Hall–Kier alpha value is -3.99. The van der Waals surface area contributed by atoms with Crippen molar-refractivity contribution < 1.29 is 37.7 Å². The van der Waals surface area contributed by atoms with Gasteiger partial charge in [0.05, 0.1) is 0 Å². The molecular weight excluding hydrogens is 449 g/mol. The molecule has 1 spiro atoms. The maximum Gasteiger partial charge on any atom is 0.345 e. The second-order valence-corrected chi connectivity index (χ2v) is 8.32. The summed E-state index contributed by atoms with van der Waals surface area (Å²) in [6, 6.07) is 7.99. The molecule has 1 aliphatic carbocycles. The Bertz CT molecular complexity index is 1270. The number of fused-ring (bicyclic) bond motifs is 2. The van der Waals surface area contributed by atoms with E-state index in [2.05, 4.69) is 10.3 Å². The molecule has 1 saturated carbocycles. The topological polar surface area (TPSA) is 138 Å². The van der Waals surface area contributed by atoms with Crippen molar-refractivity contribution in [2.45, 2.75) is 36.9 Å². The minimum Gasteiger partial charge on any atom is -0.619 e. The molecule has 176 valence electrons. The summed E-state index contributed by atoms with van der Waals surface area (Å²) in [6.45, 7) is -0.965. The van der Waals surface area contributed by atoms with Crippen LogP contribution in [0.4, 0.5) is 10.4 Å². The number of pyridine rings is 1. The van der Waals surface area contributed by atoms with Crippen molar-refractivity contribution >= 4 is 17.9 Å². The van der Waals surface area contributed by atoms with E-state index in [0.717, 1.165) is 0 Å². The highest BCUT2D eigenvalue weighted by Gasteiger charge is 2.53. The molecule has 0 saturated heterocycles. The van der Waals surface area contributed by atoms with Gasteiger partial charge in [0.15, 0.2) is 12.4 Å². The predicted molar refractivity (Wildman–Crippen MR) is 113 cm³/mol. The van der Waals surface area contributed by atoms with Gasteiger partial charge in [-0.2, -0.15) is 9.71 Å². The summed E-state index contributed by atoms with van der Waals surface area (Å²) in [7, 11) is 0. The second-order valence-electron chi connectivity index (χ2n) is 8.32. The van der Waals surface area contributed by atoms with Crippen LogP contribution in [0.15, 0.2) is 53.4 Å². The van der Waals surface area contributed by atoms with E-state index in [1.807, 2.05) is 0 Å². The van der Waals surface area contributed by atoms with Crippen molar-refractivity contribution in [1.82, 2.24) is 4.98 Å². The molecule has 5 rings (SSSR count). The zero-order valence-electron chi connectivity index (χ0n) is 17.8. The highest BCUT2D eigenvalue weighted by Crippen LogP contribution is 2.49. The summed E-state index contributed by atoms with van der Waals surface area (Å²) >= 11 is 0. The first-order valence-electron chi connectivity index (χ1n) is 10.6. The van der Waals surface area contributed by atoms with E-state index < -0.39 is 29.9 Å². The van der Waals surface area contributed by atoms with Crippen LogP contribution in [0.1, 0.15) is 41.6 Å². The average Bonchev–Trinajstić information content (AvgIpc) is 3.39. The largest absolute Gasteiger partial charge is 0.619 e. The van der Waals surface area contributed by atoms with Crippen molar-refractivity contribution in [2.24, 2.45) is 0 Å². The Labute approximate surface area is 192 Å². The van der Waals surface area contributed by atoms with Gasteiger partial charge in [-0.3, -0.25) is 10.1 Å². The molecule has 3 aromatic rings. The van der Waals surface area contributed by atoms with Crippen LogP contribution in [0.5, 0.6) is 5.75 Å². The molecule has 1 fully saturated rings. The van der Waals surface area contributed by atoms with Crippen LogP contribution >= 0.6 is 0 Å². The molecule has 0 atom stereocenters. The molecule has 34 heavy (non-hydrogen) atoms. The number of hydrogen-bond acceptors (Lipinski definition) is 8. The van der Waals surface area contributed by atoms with Crippen molar-refractivity contribution in [1.29, 1.82) is 0 Å². The maximum atomic E-state index is 12.9. The van der Waals surface area contributed by atoms with Crippen LogP contribution in [0, 0.1) is 5.21 Å². The molecule has 2 N–H and O–H groups in total. The van der Waals surface area contributed by atoms with Gasteiger partial charge < -0.3 is 24.2 Å². The number of nitrogens with zero attached hydrogens (tertiary/aromatic N) is 2. The van der Waals surface area contributed by atoms with Crippen molar-refractivity contribution in [3.8, 4) is 17.0 Å². The van der Waals surface area contributed by atoms with Crippen LogP contribution < -0.4 is 14.8 Å². The Kier molecular flexibility index (Phi) is 5.20. The van der Waals surface area contributed by atoms with E-state index in [-0.39, 0.29) is 37.3 Å². The first-order chi connectivity index (χ1) is 16.3. The highest BCUT2D eigenvalue weighted by atomic mass is 19.1. The van der Waals surface area contributed by atoms with Gasteiger partial charge in [-0.05, 0) is 37.8 Å². The van der Waals surface area contributed by atoms with Crippen LogP contribution in [0.2, 0.25) is 0 Å². The Morgan fingerprint density at radius 3 is 2.85 bits per heavy atom. The molecule has 2 aliphatic rings. The molecule has 1 aliphatic heterocycles. The number of carbonyl (C=O) groups is 2. The molecule has 1 amide bonds. The minimum absolute atomic E-state index is 0.0218. The Balaban J connectivity index is 1.27. The lowest BCUT2D eigenvalue weighted by atomic mass is 9.72. The lowest BCUT2D eigenvalue weighted by Gasteiger charge is -2.39. The fourth-order valence-electron chi connectivity index (χ4n) is 4.48. The molecule has 1 aromatic carbocycles. The van der Waals surface area contributed by atoms with E-state index >= 15 is 0 Å². The lowest BCUT2D eigenvalue weighted by molar-refractivity contribution is -0.605. The summed E-state index contributed by atoms with van der Waals surface area (Å²) in [6.07, 6.45) is 4.23. The van der Waals surface area contributed by atoms with E-state index in [9.17, 15) is 24.3 Å². The van der Waals surface area contributed by atoms with E-state index in [1.54, 1.807) is 30.3 Å². The summed E-state index contributed by atoms with van der Waals surface area (Å²) in [4.78, 5) is 29.3. The normalized spacial score (nSPS) is 23.4. The minimum atomic E-state index is -1.73. The number of alkyl halides is 1. The van der Waals surface area contributed by atoms with Crippen LogP contribution in [-0.4, -0.2) is 34.4 Å². The second kappa shape index (κ2) is 8.10. The fourth-order valence-corrected chi connectivity index (χ4v) is 4.48. The molecule has 10 nitrogen and oxygen atoms in total. The first-order valence-corrected chi connectivity index (χ1v) is 10.6. The number of esters is 1. The number of anilines is 1. The summed E-state index contributed by atoms with van der Waals surface area (Å²) in [5.74, 6) is -0.970. The monoisotopic (exact) mass is 469 g/mol. The lowest BCUT2D eigenvalue weighted by Crippen LogP contribution is -2.49. The standard InChI is InChI=1S/C23H20FN3O7/c24-13-33-15-3-1-2-14(10-15)18-12-32-21(25-18)26-20(29)22(30)5-7-23(8-6-22)17-4-9-27(31)11-16(17)19(28)34-23/h1-4,9-12,30H,5-8,13H2,(H,25,26,29)/t22-,23-. The third-order valence-corrected chi connectivity index (χ3v) is 6.32. The van der Waals surface area contributed by atoms with E-state index in [4.69, 9.17) is 13.9 Å². The van der Waals surface area contributed by atoms with Gasteiger partial charge in [-0.1, -0.05) is 12.1 Å². The Morgan fingerprint density at radius 1 is 1.29 bits per heavy atom. The number of halogens is 1. The van der Waals surface area contributed by atoms with Crippen molar-refractivity contribution in [2.75, 3.05) is 12.2 Å². The number of hydrogen-bond donors (Lipinski definition) is 2. The molecule has 2 aromatic heterocycles. The summed E-state index contributed by atoms with van der Waals surface area (Å²) < 4.78 is 28.7. The molecule has 3 heterocycles. The van der Waals surface area contributed by atoms with Gasteiger partial charge in [-0.15, -0.1) is 0 Å². The number of benzene rings is 1. The number of carbonyl (C=O) groups excluding carboxylic acids is 2. The number of nitrogens with one attached hydrogen (secondary N) is 1. The number of aromatic nitrogens is 2. The number of amides is 1. The molecule has 0 radical (unpaired) electrons. The van der Waals surface area contributed by atoms with Gasteiger partial charge in [0.25, 0.3) is 5.91 Å². The van der Waals surface area contributed by atoms with Gasteiger partial charge in [0, 0.05) is 17.2 Å². The molecule has 0 unspecified atom stereocenters. The predicted octanol–water partition coefficient (Wildman–Crippen LogP) is 2.59. The average molecular weight is 469 g/mol. The number of rotatable bonds is 5. The van der Waals surface area contributed by atoms with Crippen molar-refractivity contribution in [3.63, 3.8) is 0 Å². The maximum absolute atomic E-state index is 12.9. The van der Waals surface area contributed by atoms with Crippen LogP contribution in [-0.2, 0) is 15.1 Å². The quantitative estimate of drug-likeness (QED) is 0.330. The first kappa shape index (κ1) is 21.8. The third-order valence-electron chi connectivity index (χ3n) is 6.32. The third kappa shape index (κ3) is 3.73. The number of ether oxygens (including phenoxy) is 2. The highest BCUT2D eigenvalue weighted by molar-refractivity contribution is 5.96. The molecular formula is C23H20FN3O7. The Morgan fingerprint density at radius 2 is 2.09 bits per heavy atom. The van der Waals surface area contributed by atoms with E-state index in [0.29, 0.717) is 27.3 Å².